The first kappa shape index (κ1) is 22.0. The van der Waals surface area contributed by atoms with Gasteiger partial charge in [0.2, 0.25) is 10.0 Å². The molecule has 0 bridgehead atoms. The number of rotatable bonds is 11. The third kappa shape index (κ3) is 5.27. The number of halogens is 1. The van der Waals surface area contributed by atoms with Gasteiger partial charge in [-0.1, -0.05) is 81.0 Å². The molecule has 1 saturated heterocycles. The van der Waals surface area contributed by atoms with E-state index in [0.29, 0.717) is 11.4 Å². The number of carbonyl (C=O) groups excluding carboxylic acids is 1. The Hall–Kier alpha value is -1.69. The Morgan fingerprint density at radius 3 is 2.21 bits per heavy atom. The van der Waals surface area contributed by atoms with E-state index in [4.69, 9.17) is 11.6 Å². The molecular weight excluding hydrogens is 406 g/mol. The fraction of sp³-hybridized carbons (Fsp3) is 0.435. The van der Waals surface area contributed by atoms with Crippen molar-refractivity contribution in [2.75, 3.05) is 0 Å². The number of benzene rings is 2. The number of unbranched alkanes of at least 4 members (excludes halogenated alkanes) is 5. The molecule has 156 valence electrons. The van der Waals surface area contributed by atoms with Crippen molar-refractivity contribution in [3.63, 3.8) is 0 Å². The SMILES string of the molecule is CCCCCCCCC(=O)[C@@H]1[C@H](c2ccccc2)N1S(=O)(=O)c1ccc(Cl)cc1. The van der Waals surface area contributed by atoms with Gasteiger partial charge in [0.15, 0.2) is 5.78 Å². The van der Waals surface area contributed by atoms with Crippen molar-refractivity contribution in [1.82, 2.24) is 4.31 Å². The van der Waals surface area contributed by atoms with E-state index in [1.54, 1.807) is 12.1 Å². The lowest BCUT2D eigenvalue weighted by Crippen LogP contribution is -2.19. The number of nitrogens with zero attached hydrogens (tertiary/aromatic N) is 1. The van der Waals surface area contributed by atoms with Crippen LogP contribution in [0.15, 0.2) is 59.5 Å². The van der Waals surface area contributed by atoms with Crippen LogP contribution in [0.1, 0.15) is 63.5 Å². The van der Waals surface area contributed by atoms with E-state index in [-0.39, 0.29) is 10.7 Å². The highest BCUT2D eigenvalue weighted by Gasteiger charge is 2.59. The molecule has 2 aromatic rings. The maximum atomic E-state index is 13.2. The third-order valence-electron chi connectivity index (χ3n) is 5.39. The monoisotopic (exact) mass is 433 g/mol. The van der Waals surface area contributed by atoms with Crippen LogP contribution in [0.4, 0.5) is 0 Å². The molecule has 1 unspecified atom stereocenters. The van der Waals surface area contributed by atoms with Crippen LogP contribution in [0.5, 0.6) is 0 Å². The smallest absolute Gasteiger partial charge is 0.244 e. The van der Waals surface area contributed by atoms with Gasteiger partial charge in [-0.3, -0.25) is 4.79 Å². The zero-order valence-corrected chi connectivity index (χ0v) is 18.3. The van der Waals surface area contributed by atoms with Gasteiger partial charge in [0.05, 0.1) is 10.9 Å². The maximum Gasteiger partial charge on any atom is 0.244 e. The van der Waals surface area contributed by atoms with Crippen molar-refractivity contribution in [3.05, 3.63) is 65.2 Å². The maximum absolute atomic E-state index is 13.2. The Bertz CT molecular complexity index is 913. The molecule has 0 radical (unpaired) electrons. The van der Waals surface area contributed by atoms with Crippen LogP contribution < -0.4 is 0 Å². The lowest BCUT2D eigenvalue weighted by molar-refractivity contribution is -0.119. The fourth-order valence-electron chi connectivity index (χ4n) is 3.76. The predicted octanol–water partition coefficient (Wildman–Crippen LogP) is 5.77. The van der Waals surface area contributed by atoms with Crippen LogP contribution in [0.3, 0.4) is 0 Å². The molecule has 6 heteroatoms. The van der Waals surface area contributed by atoms with Gasteiger partial charge in [0, 0.05) is 11.4 Å². The zero-order valence-electron chi connectivity index (χ0n) is 16.8. The Balaban J connectivity index is 1.73. The van der Waals surface area contributed by atoms with Gasteiger partial charge in [-0.25, -0.2) is 8.42 Å². The van der Waals surface area contributed by atoms with Gasteiger partial charge >= 0.3 is 0 Å². The van der Waals surface area contributed by atoms with E-state index in [1.807, 2.05) is 30.3 Å². The van der Waals surface area contributed by atoms with Crippen LogP contribution in [-0.4, -0.2) is 24.5 Å². The molecule has 4 nitrogen and oxygen atoms in total. The van der Waals surface area contributed by atoms with E-state index in [9.17, 15) is 13.2 Å². The van der Waals surface area contributed by atoms with Gasteiger partial charge in [0.25, 0.3) is 0 Å². The summed E-state index contributed by atoms with van der Waals surface area (Å²) in [5.74, 6) is 0.00637. The Morgan fingerprint density at radius 2 is 1.55 bits per heavy atom. The van der Waals surface area contributed by atoms with E-state index in [0.717, 1.165) is 24.8 Å². The molecule has 0 N–H and O–H groups in total. The normalized spacial score (nSPS) is 21.1. The summed E-state index contributed by atoms with van der Waals surface area (Å²) in [7, 11) is -3.76. The molecule has 1 fully saturated rings. The molecule has 29 heavy (non-hydrogen) atoms. The minimum absolute atomic E-state index is 0.00637. The van der Waals surface area contributed by atoms with E-state index in [2.05, 4.69) is 6.92 Å². The Morgan fingerprint density at radius 1 is 0.931 bits per heavy atom. The molecule has 2 aromatic carbocycles. The Kier molecular flexibility index (Phi) is 7.49. The van der Waals surface area contributed by atoms with Crippen molar-refractivity contribution >= 4 is 27.4 Å². The lowest BCUT2D eigenvalue weighted by Gasteiger charge is -2.07. The Labute approximate surface area is 178 Å². The van der Waals surface area contributed by atoms with E-state index in [1.165, 1.54) is 35.7 Å². The molecule has 0 spiro atoms. The predicted molar refractivity (Wildman–Crippen MR) is 116 cm³/mol. The summed E-state index contributed by atoms with van der Waals surface area (Å²) < 4.78 is 27.7. The minimum atomic E-state index is -3.76. The average molecular weight is 434 g/mol. The molecule has 1 heterocycles. The molecular formula is C23H28ClNO3S. The van der Waals surface area contributed by atoms with Crippen molar-refractivity contribution < 1.29 is 13.2 Å². The minimum Gasteiger partial charge on any atom is -0.298 e. The second-order valence-electron chi connectivity index (χ2n) is 7.57. The quantitative estimate of drug-likeness (QED) is 0.333. The van der Waals surface area contributed by atoms with Crippen molar-refractivity contribution in [2.45, 2.75) is 68.8 Å². The number of hydrogen-bond donors (Lipinski definition) is 0. The number of carbonyl (C=O) groups is 1. The van der Waals surface area contributed by atoms with Crippen LogP contribution in [0.2, 0.25) is 5.02 Å². The summed E-state index contributed by atoms with van der Waals surface area (Å²) in [6.07, 6.45) is 6.98. The molecule has 1 aliphatic rings. The van der Waals surface area contributed by atoms with Gasteiger partial charge in [0.1, 0.15) is 6.04 Å². The van der Waals surface area contributed by atoms with Gasteiger partial charge in [-0.15, -0.1) is 0 Å². The van der Waals surface area contributed by atoms with Crippen LogP contribution >= 0.6 is 11.6 Å². The first-order chi connectivity index (χ1) is 14.0. The molecule has 0 aliphatic carbocycles. The van der Waals surface area contributed by atoms with E-state index < -0.39 is 22.1 Å². The largest absolute Gasteiger partial charge is 0.298 e. The second kappa shape index (κ2) is 9.88. The van der Waals surface area contributed by atoms with Gasteiger partial charge in [-0.05, 0) is 36.2 Å². The number of hydrogen-bond acceptors (Lipinski definition) is 3. The first-order valence-corrected chi connectivity index (χ1v) is 12.2. The summed E-state index contributed by atoms with van der Waals surface area (Å²) in [5.41, 5.74) is 0.853. The highest BCUT2D eigenvalue weighted by atomic mass is 35.5. The number of sulfonamides is 1. The van der Waals surface area contributed by atoms with Gasteiger partial charge < -0.3 is 0 Å². The molecule has 0 amide bonds. The third-order valence-corrected chi connectivity index (χ3v) is 7.52. The molecule has 1 aliphatic heterocycles. The summed E-state index contributed by atoms with van der Waals surface area (Å²) in [6, 6.07) is 14.5. The highest BCUT2D eigenvalue weighted by molar-refractivity contribution is 7.89. The van der Waals surface area contributed by atoms with Crippen molar-refractivity contribution in [2.24, 2.45) is 0 Å². The van der Waals surface area contributed by atoms with Crippen molar-refractivity contribution in [3.8, 4) is 0 Å². The molecule has 3 atom stereocenters. The molecule has 0 aromatic heterocycles. The first-order valence-electron chi connectivity index (χ1n) is 10.3. The summed E-state index contributed by atoms with van der Waals surface area (Å²) in [4.78, 5) is 13.1. The summed E-state index contributed by atoms with van der Waals surface area (Å²) in [6.45, 7) is 2.18. The van der Waals surface area contributed by atoms with Gasteiger partial charge in [-0.2, -0.15) is 4.31 Å². The molecule has 0 saturated carbocycles. The van der Waals surface area contributed by atoms with Crippen LogP contribution in [0, 0.1) is 0 Å². The average Bonchev–Trinajstić information content (AvgIpc) is 3.48. The zero-order chi connectivity index (χ0) is 20.9. The topological polar surface area (TPSA) is 54.2 Å². The fourth-order valence-corrected chi connectivity index (χ4v) is 5.63. The second-order valence-corrected chi connectivity index (χ2v) is 9.85. The lowest BCUT2D eigenvalue weighted by atomic mass is 10.0. The molecule has 3 rings (SSSR count). The van der Waals surface area contributed by atoms with Crippen LogP contribution in [-0.2, 0) is 14.8 Å². The van der Waals surface area contributed by atoms with E-state index >= 15 is 0 Å². The summed E-state index contributed by atoms with van der Waals surface area (Å²) >= 11 is 5.90. The standard InChI is InChI=1S/C23H28ClNO3S/c1-2-3-4-5-6-10-13-21(26)23-22(18-11-8-7-9-12-18)25(23)29(27,28)20-16-14-19(24)15-17-20/h7-9,11-12,14-17,22-23H,2-6,10,13H2,1H3/t22-,23+,25?/m0/s1. The highest BCUT2D eigenvalue weighted by Crippen LogP contribution is 2.48. The van der Waals surface area contributed by atoms with Crippen molar-refractivity contribution in [1.29, 1.82) is 0 Å². The number of Topliss-reactive ketones (excluding diaryl/α,β-unsaturated/α-hetero) is 1. The summed E-state index contributed by atoms with van der Waals surface area (Å²) in [5, 5.41) is 0.477. The number of ketones is 1. The van der Waals surface area contributed by atoms with Crippen LogP contribution in [0.25, 0.3) is 0 Å².